The number of nitrogen functional groups attached to an aromatic ring is 1. The summed E-state index contributed by atoms with van der Waals surface area (Å²) in [6.45, 7) is 2.59. The highest BCUT2D eigenvalue weighted by Gasteiger charge is 2.41. The molecule has 1 aliphatic rings. The van der Waals surface area contributed by atoms with Gasteiger partial charge in [-0.3, -0.25) is 4.98 Å². The van der Waals surface area contributed by atoms with E-state index in [0.29, 0.717) is 23.1 Å². The molecule has 6 heteroatoms. The zero-order chi connectivity index (χ0) is 14.9. The largest absolute Gasteiger partial charge is 0.470 e. The van der Waals surface area contributed by atoms with Gasteiger partial charge in [0.1, 0.15) is 11.3 Å². The molecule has 2 aromatic heterocycles. The molecule has 110 valence electrons. The van der Waals surface area contributed by atoms with E-state index in [0.717, 1.165) is 24.2 Å². The number of nitrogens with one attached hydrogen (secondary N) is 1. The Morgan fingerprint density at radius 3 is 2.81 bits per heavy atom. The summed E-state index contributed by atoms with van der Waals surface area (Å²) in [4.78, 5) is 8.45. The standard InChI is InChI=1S/C15H17ClN4O/c1-15(4-5-15)21-14-13(17)12(3-7-19-14)20-9-11-8-10(16)2-6-18-11/h2-3,6-8H,4-5,9,17H2,1H3,(H,19,20). The van der Waals surface area contributed by atoms with Crippen LogP contribution in [0.1, 0.15) is 25.5 Å². The topological polar surface area (TPSA) is 73.1 Å². The van der Waals surface area contributed by atoms with Crippen LogP contribution >= 0.6 is 11.6 Å². The molecule has 0 amide bonds. The van der Waals surface area contributed by atoms with Crippen LogP contribution in [0.15, 0.2) is 30.6 Å². The first-order chi connectivity index (χ1) is 10.1. The fraction of sp³-hybridized carbons (Fsp3) is 0.333. The second kappa shape index (κ2) is 5.41. The molecule has 3 rings (SSSR count). The SMILES string of the molecule is CC1(Oc2nccc(NCc3cc(Cl)ccn3)c2N)CC1. The van der Waals surface area contributed by atoms with Gasteiger partial charge in [-0.25, -0.2) is 4.98 Å². The molecule has 0 unspecified atom stereocenters. The summed E-state index contributed by atoms with van der Waals surface area (Å²) in [7, 11) is 0. The molecule has 0 bridgehead atoms. The molecule has 21 heavy (non-hydrogen) atoms. The summed E-state index contributed by atoms with van der Waals surface area (Å²) < 4.78 is 5.84. The number of pyridine rings is 2. The first-order valence-corrected chi connectivity index (χ1v) is 7.21. The quantitative estimate of drug-likeness (QED) is 0.887. The Morgan fingerprint density at radius 2 is 2.10 bits per heavy atom. The lowest BCUT2D eigenvalue weighted by Crippen LogP contribution is -2.15. The molecule has 5 nitrogen and oxygen atoms in total. The van der Waals surface area contributed by atoms with E-state index in [9.17, 15) is 0 Å². The fourth-order valence-electron chi connectivity index (χ4n) is 1.93. The van der Waals surface area contributed by atoms with Crippen molar-refractivity contribution in [3.05, 3.63) is 41.3 Å². The minimum atomic E-state index is -0.103. The van der Waals surface area contributed by atoms with Gasteiger partial charge in [-0.15, -0.1) is 0 Å². The van der Waals surface area contributed by atoms with Crippen molar-refractivity contribution in [2.45, 2.75) is 31.9 Å². The molecular formula is C15H17ClN4O. The Labute approximate surface area is 128 Å². The van der Waals surface area contributed by atoms with Crippen LogP contribution in [0.2, 0.25) is 5.02 Å². The lowest BCUT2D eigenvalue weighted by molar-refractivity contribution is 0.193. The highest BCUT2D eigenvalue weighted by Crippen LogP contribution is 2.41. The number of hydrogen-bond acceptors (Lipinski definition) is 5. The molecule has 2 heterocycles. The highest BCUT2D eigenvalue weighted by molar-refractivity contribution is 6.30. The Balaban J connectivity index is 1.72. The van der Waals surface area contributed by atoms with Crippen molar-refractivity contribution in [2.24, 2.45) is 0 Å². The predicted molar refractivity (Wildman–Crippen MR) is 83.5 cm³/mol. The Bertz CT molecular complexity index is 658. The number of nitrogens with two attached hydrogens (primary N) is 1. The van der Waals surface area contributed by atoms with Crippen molar-refractivity contribution in [1.82, 2.24) is 9.97 Å². The van der Waals surface area contributed by atoms with E-state index >= 15 is 0 Å². The van der Waals surface area contributed by atoms with Crippen LogP contribution in [0.3, 0.4) is 0 Å². The molecule has 1 aliphatic carbocycles. The summed E-state index contributed by atoms with van der Waals surface area (Å²) in [6, 6.07) is 5.38. The van der Waals surface area contributed by atoms with Gasteiger partial charge in [0.15, 0.2) is 0 Å². The number of nitrogens with zero attached hydrogens (tertiary/aromatic N) is 2. The lowest BCUT2D eigenvalue weighted by atomic mass is 10.3. The monoisotopic (exact) mass is 304 g/mol. The molecule has 1 saturated carbocycles. The van der Waals surface area contributed by atoms with Crippen LogP contribution < -0.4 is 15.8 Å². The van der Waals surface area contributed by atoms with E-state index in [1.165, 1.54) is 0 Å². The van der Waals surface area contributed by atoms with E-state index in [1.54, 1.807) is 18.5 Å². The molecular weight excluding hydrogens is 288 g/mol. The van der Waals surface area contributed by atoms with Gasteiger partial charge in [-0.05, 0) is 38.0 Å². The third-order valence-electron chi connectivity index (χ3n) is 3.49. The van der Waals surface area contributed by atoms with Crippen LogP contribution in [0, 0.1) is 0 Å². The molecule has 2 aromatic rings. The van der Waals surface area contributed by atoms with Crippen molar-refractivity contribution in [3.63, 3.8) is 0 Å². The van der Waals surface area contributed by atoms with Crippen LogP contribution in [0.4, 0.5) is 11.4 Å². The first-order valence-electron chi connectivity index (χ1n) is 6.84. The van der Waals surface area contributed by atoms with Crippen LogP contribution in [0.25, 0.3) is 0 Å². The lowest BCUT2D eigenvalue weighted by Gasteiger charge is -2.16. The highest BCUT2D eigenvalue weighted by atomic mass is 35.5. The van der Waals surface area contributed by atoms with Crippen LogP contribution in [0.5, 0.6) is 5.88 Å². The molecule has 0 spiro atoms. The first kappa shape index (κ1) is 13.9. The number of halogens is 1. The minimum absolute atomic E-state index is 0.103. The average Bonchev–Trinajstić information content (AvgIpc) is 3.18. The maximum Gasteiger partial charge on any atom is 0.239 e. The summed E-state index contributed by atoms with van der Waals surface area (Å²) in [5, 5.41) is 3.90. The second-order valence-corrected chi connectivity index (χ2v) is 5.88. The van der Waals surface area contributed by atoms with Gasteiger partial charge in [0.2, 0.25) is 5.88 Å². The maximum atomic E-state index is 6.12. The van der Waals surface area contributed by atoms with Gasteiger partial charge in [-0.2, -0.15) is 0 Å². The van der Waals surface area contributed by atoms with Crippen molar-refractivity contribution in [1.29, 1.82) is 0 Å². The third-order valence-corrected chi connectivity index (χ3v) is 3.72. The normalized spacial score (nSPS) is 15.5. The summed E-state index contributed by atoms with van der Waals surface area (Å²) in [5.74, 6) is 0.485. The molecule has 3 N–H and O–H groups in total. The summed E-state index contributed by atoms with van der Waals surface area (Å²) in [6.07, 6.45) is 5.44. The Kier molecular flexibility index (Phi) is 3.59. The maximum absolute atomic E-state index is 6.12. The average molecular weight is 305 g/mol. The Morgan fingerprint density at radius 1 is 1.33 bits per heavy atom. The minimum Gasteiger partial charge on any atom is -0.470 e. The number of ether oxygens (including phenoxy) is 1. The zero-order valence-corrected chi connectivity index (χ0v) is 12.5. The van der Waals surface area contributed by atoms with Crippen molar-refractivity contribution in [3.8, 4) is 5.88 Å². The van der Waals surface area contributed by atoms with Gasteiger partial charge < -0.3 is 15.8 Å². The summed E-state index contributed by atoms with van der Waals surface area (Å²) in [5.41, 5.74) is 8.16. The van der Waals surface area contributed by atoms with Gasteiger partial charge in [0.05, 0.1) is 17.9 Å². The van der Waals surface area contributed by atoms with E-state index in [2.05, 4.69) is 22.2 Å². The van der Waals surface area contributed by atoms with Crippen LogP contribution in [-0.2, 0) is 6.54 Å². The molecule has 0 radical (unpaired) electrons. The van der Waals surface area contributed by atoms with E-state index in [1.807, 2.05) is 12.1 Å². The molecule has 1 fully saturated rings. The van der Waals surface area contributed by atoms with Gasteiger partial charge in [-0.1, -0.05) is 11.6 Å². The fourth-order valence-corrected chi connectivity index (χ4v) is 2.11. The van der Waals surface area contributed by atoms with Gasteiger partial charge in [0, 0.05) is 17.4 Å². The third kappa shape index (κ3) is 3.36. The van der Waals surface area contributed by atoms with E-state index < -0.39 is 0 Å². The van der Waals surface area contributed by atoms with Crippen LogP contribution in [-0.4, -0.2) is 15.6 Å². The zero-order valence-electron chi connectivity index (χ0n) is 11.8. The summed E-state index contributed by atoms with van der Waals surface area (Å²) >= 11 is 5.94. The molecule has 0 aliphatic heterocycles. The van der Waals surface area contributed by atoms with Crippen molar-refractivity contribution >= 4 is 23.0 Å². The van der Waals surface area contributed by atoms with Gasteiger partial charge in [0.25, 0.3) is 0 Å². The smallest absolute Gasteiger partial charge is 0.239 e. The molecule has 0 atom stereocenters. The number of hydrogen-bond donors (Lipinski definition) is 2. The van der Waals surface area contributed by atoms with Crippen molar-refractivity contribution < 1.29 is 4.74 Å². The number of aromatic nitrogens is 2. The Hall–Kier alpha value is -2.01. The second-order valence-electron chi connectivity index (χ2n) is 5.45. The molecule has 0 aromatic carbocycles. The van der Waals surface area contributed by atoms with E-state index in [-0.39, 0.29) is 5.60 Å². The molecule has 0 saturated heterocycles. The number of anilines is 2. The van der Waals surface area contributed by atoms with E-state index in [4.69, 9.17) is 22.1 Å². The van der Waals surface area contributed by atoms with Gasteiger partial charge >= 0.3 is 0 Å². The number of rotatable bonds is 5. The van der Waals surface area contributed by atoms with Crippen molar-refractivity contribution in [2.75, 3.05) is 11.1 Å². The predicted octanol–water partition coefficient (Wildman–Crippen LogP) is 3.26.